The van der Waals surface area contributed by atoms with Gasteiger partial charge < -0.3 is 15.1 Å². The highest BCUT2D eigenvalue weighted by Gasteiger charge is 2.34. The molecular formula is C16H22BrN3O2. The van der Waals surface area contributed by atoms with Crippen molar-refractivity contribution in [2.24, 2.45) is 5.92 Å². The van der Waals surface area contributed by atoms with E-state index in [9.17, 15) is 9.59 Å². The van der Waals surface area contributed by atoms with Gasteiger partial charge in [0.05, 0.1) is 5.92 Å². The van der Waals surface area contributed by atoms with E-state index in [1.54, 1.807) is 4.90 Å². The maximum absolute atomic E-state index is 12.3. The van der Waals surface area contributed by atoms with E-state index in [-0.39, 0.29) is 17.7 Å². The summed E-state index contributed by atoms with van der Waals surface area (Å²) in [7, 11) is 3.94. The molecule has 0 aliphatic carbocycles. The monoisotopic (exact) mass is 367 g/mol. The molecule has 0 saturated carbocycles. The van der Waals surface area contributed by atoms with E-state index in [2.05, 4.69) is 21.2 Å². The van der Waals surface area contributed by atoms with Crippen LogP contribution in [-0.2, 0) is 9.59 Å². The van der Waals surface area contributed by atoms with E-state index >= 15 is 0 Å². The maximum Gasteiger partial charge on any atom is 0.229 e. The van der Waals surface area contributed by atoms with Gasteiger partial charge in [-0.15, -0.1) is 0 Å². The zero-order valence-electron chi connectivity index (χ0n) is 13.2. The van der Waals surface area contributed by atoms with Crippen molar-refractivity contribution in [3.05, 3.63) is 28.2 Å². The molecule has 2 amide bonds. The summed E-state index contributed by atoms with van der Waals surface area (Å²) in [5.41, 5.74) is 1.87. The summed E-state index contributed by atoms with van der Waals surface area (Å²) in [6.45, 7) is 3.98. The minimum Gasteiger partial charge on any atom is -0.341 e. The number of likely N-dealkylation sites (tertiary alicyclic amines) is 1. The average Bonchev–Trinajstić information content (AvgIpc) is 2.82. The lowest BCUT2D eigenvalue weighted by Gasteiger charge is -2.19. The third-order valence-electron chi connectivity index (χ3n) is 3.84. The molecule has 1 saturated heterocycles. The normalized spacial score (nSPS) is 18.1. The van der Waals surface area contributed by atoms with Crippen LogP contribution in [0.3, 0.4) is 0 Å². The Kier molecular flexibility index (Phi) is 5.58. The number of aryl methyl sites for hydroxylation is 1. The van der Waals surface area contributed by atoms with Crippen molar-refractivity contribution in [2.75, 3.05) is 39.0 Å². The van der Waals surface area contributed by atoms with Gasteiger partial charge in [0.15, 0.2) is 0 Å². The molecule has 2 rings (SSSR count). The van der Waals surface area contributed by atoms with Gasteiger partial charge in [0, 0.05) is 36.2 Å². The molecule has 1 aromatic carbocycles. The number of halogens is 1. The molecule has 1 aliphatic heterocycles. The van der Waals surface area contributed by atoms with Crippen LogP contribution in [0.1, 0.15) is 12.0 Å². The van der Waals surface area contributed by atoms with Crippen LogP contribution in [-0.4, -0.2) is 55.3 Å². The van der Waals surface area contributed by atoms with Crippen LogP contribution in [0.25, 0.3) is 0 Å². The number of nitrogens with zero attached hydrogens (tertiary/aromatic N) is 2. The lowest BCUT2D eigenvalue weighted by molar-refractivity contribution is -0.128. The molecule has 1 unspecified atom stereocenters. The fourth-order valence-corrected chi connectivity index (χ4v) is 2.78. The Morgan fingerprint density at radius 3 is 2.82 bits per heavy atom. The number of carbonyl (C=O) groups is 2. The van der Waals surface area contributed by atoms with E-state index < -0.39 is 0 Å². The second-order valence-corrected chi connectivity index (χ2v) is 6.85. The first-order valence-corrected chi connectivity index (χ1v) is 8.15. The molecule has 0 radical (unpaired) electrons. The molecule has 120 valence electrons. The number of rotatable bonds is 5. The molecular weight excluding hydrogens is 346 g/mol. The van der Waals surface area contributed by atoms with E-state index in [0.717, 1.165) is 22.3 Å². The number of anilines is 1. The number of benzene rings is 1. The summed E-state index contributed by atoms with van der Waals surface area (Å²) in [5, 5.41) is 2.90. The first-order valence-electron chi connectivity index (χ1n) is 7.36. The third-order valence-corrected chi connectivity index (χ3v) is 4.70. The molecule has 1 heterocycles. The second kappa shape index (κ2) is 7.24. The van der Waals surface area contributed by atoms with Crippen LogP contribution < -0.4 is 5.32 Å². The Bertz CT molecular complexity index is 575. The topological polar surface area (TPSA) is 52.7 Å². The molecule has 6 heteroatoms. The fourth-order valence-electron chi connectivity index (χ4n) is 2.40. The van der Waals surface area contributed by atoms with Gasteiger partial charge in [0.1, 0.15) is 0 Å². The average molecular weight is 368 g/mol. The molecule has 0 aromatic heterocycles. The van der Waals surface area contributed by atoms with Gasteiger partial charge in [0.2, 0.25) is 11.8 Å². The predicted octanol–water partition coefficient (Wildman–Crippen LogP) is 2.11. The molecule has 1 N–H and O–H groups in total. The standard InChI is InChI=1S/C16H22BrN3O2/c1-11-4-5-13(9-14(11)17)18-16(22)12-8-15(21)20(10-12)7-6-19(2)3/h4-5,9,12H,6-8,10H2,1-3H3,(H,18,22). The summed E-state index contributed by atoms with van der Waals surface area (Å²) in [4.78, 5) is 28.1. The Balaban J connectivity index is 1.93. The summed E-state index contributed by atoms with van der Waals surface area (Å²) in [6.07, 6.45) is 0.298. The minimum absolute atomic E-state index is 0.0621. The third kappa shape index (κ3) is 4.30. The van der Waals surface area contributed by atoms with E-state index in [1.807, 2.05) is 44.1 Å². The van der Waals surface area contributed by atoms with Crippen LogP contribution in [0.5, 0.6) is 0 Å². The number of likely N-dealkylation sites (N-methyl/N-ethyl adjacent to an activating group) is 1. The van der Waals surface area contributed by atoms with Crippen molar-refractivity contribution in [1.29, 1.82) is 0 Å². The Labute approximate surface area is 139 Å². The summed E-state index contributed by atoms with van der Waals surface area (Å²) in [6, 6.07) is 5.70. The lowest BCUT2D eigenvalue weighted by atomic mass is 10.1. The number of hydrogen-bond acceptors (Lipinski definition) is 3. The SMILES string of the molecule is Cc1ccc(NC(=O)C2CC(=O)N(CCN(C)C)C2)cc1Br. The summed E-state index contributed by atoms with van der Waals surface area (Å²) < 4.78 is 0.959. The van der Waals surface area contributed by atoms with Gasteiger partial charge in [0.25, 0.3) is 0 Å². The van der Waals surface area contributed by atoms with Crippen molar-refractivity contribution < 1.29 is 9.59 Å². The number of nitrogens with one attached hydrogen (secondary N) is 1. The van der Waals surface area contributed by atoms with Gasteiger partial charge in [-0.2, -0.15) is 0 Å². The number of amides is 2. The van der Waals surface area contributed by atoms with E-state index in [0.29, 0.717) is 19.5 Å². The van der Waals surface area contributed by atoms with Crippen LogP contribution in [0.2, 0.25) is 0 Å². The molecule has 22 heavy (non-hydrogen) atoms. The fraction of sp³-hybridized carbons (Fsp3) is 0.500. The zero-order valence-corrected chi connectivity index (χ0v) is 14.8. The smallest absolute Gasteiger partial charge is 0.229 e. The quantitative estimate of drug-likeness (QED) is 0.866. The largest absolute Gasteiger partial charge is 0.341 e. The van der Waals surface area contributed by atoms with Gasteiger partial charge in [-0.1, -0.05) is 22.0 Å². The Morgan fingerprint density at radius 2 is 2.18 bits per heavy atom. The Hall–Kier alpha value is -1.40. The van der Waals surface area contributed by atoms with Crippen molar-refractivity contribution in [1.82, 2.24) is 9.80 Å². The highest BCUT2D eigenvalue weighted by atomic mass is 79.9. The second-order valence-electron chi connectivity index (χ2n) is 6.00. The lowest BCUT2D eigenvalue weighted by Crippen LogP contribution is -2.33. The van der Waals surface area contributed by atoms with E-state index in [4.69, 9.17) is 0 Å². The van der Waals surface area contributed by atoms with Crippen molar-refractivity contribution >= 4 is 33.4 Å². The molecule has 0 bridgehead atoms. The first kappa shape index (κ1) is 17.0. The maximum atomic E-state index is 12.3. The summed E-state index contributed by atoms with van der Waals surface area (Å²) >= 11 is 3.45. The van der Waals surface area contributed by atoms with Crippen LogP contribution >= 0.6 is 15.9 Å². The van der Waals surface area contributed by atoms with E-state index in [1.165, 1.54) is 0 Å². The molecule has 5 nitrogen and oxygen atoms in total. The van der Waals surface area contributed by atoms with Gasteiger partial charge in [-0.05, 0) is 38.7 Å². The van der Waals surface area contributed by atoms with Crippen LogP contribution in [0, 0.1) is 12.8 Å². The molecule has 1 aromatic rings. The Morgan fingerprint density at radius 1 is 1.45 bits per heavy atom. The molecule has 0 spiro atoms. The van der Waals surface area contributed by atoms with Crippen molar-refractivity contribution in [3.63, 3.8) is 0 Å². The molecule has 1 fully saturated rings. The van der Waals surface area contributed by atoms with Gasteiger partial charge >= 0.3 is 0 Å². The minimum atomic E-state index is -0.269. The van der Waals surface area contributed by atoms with Gasteiger partial charge in [-0.3, -0.25) is 9.59 Å². The van der Waals surface area contributed by atoms with Crippen LogP contribution in [0.4, 0.5) is 5.69 Å². The van der Waals surface area contributed by atoms with Crippen molar-refractivity contribution in [2.45, 2.75) is 13.3 Å². The number of carbonyl (C=O) groups excluding carboxylic acids is 2. The highest BCUT2D eigenvalue weighted by Crippen LogP contribution is 2.23. The zero-order chi connectivity index (χ0) is 16.3. The van der Waals surface area contributed by atoms with Gasteiger partial charge in [-0.25, -0.2) is 0 Å². The highest BCUT2D eigenvalue weighted by molar-refractivity contribution is 9.10. The predicted molar refractivity (Wildman–Crippen MR) is 90.7 cm³/mol. The molecule has 1 atom stereocenters. The summed E-state index contributed by atoms with van der Waals surface area (Å²) in [5.74, 6) is -0.293. The first-order chi connectivity index (χ1) is 10.4. The van der Waals surface area contributed by atoms with Crippen LogP contribution in [0.15, 0.2) is 22.7 Å². The van der Waals surface area contributed by atoms with Crippen molar-refractivity contribution in [3.8, 4) is 0 Å². The molecule has 1 aliphatic rings. The number of hydrogen-bond donors (Lipinski definition) is 1.